The first kappa shape index (κ1) is 42.7. The average molecular weight is 800 g/mol. The van der Waals surface area contributed by atoms with Gasteiger partial charge in [0.15, 0.2) is 5.79 Å². The molecule has 0 aromatic heterocycles. The van der Waals surface area contributed by atoms with Gasteiger partial charge in [-0.15, -0.1) is 0 Å². The number of benzene rings is 2. The number of rotatable bonds is 16. The third-order valence-corrected chi connectivity index (χ3v) is 11.0. The van der Waals surface area contributed by atoms with E-state index >= 15 is 0 Å². The van der Waals surface area contributed by atoms with Crippen molar-refractivity contribution < 1.29 is 48.0 Å². The molecule has 13 nitrogen and oxygen atoms in total. The zero-order chi connectivity index (χ0) is 41.8. The van der Waals surface area contributed by atoms with E-state index in [0.717, 1.165) is 36.8 Å². The molecule has 312 valence electrons. The molecule has 0 bridgehead atoms. The second-order valence-corrected chi connectivity index (χ2v) is 17.1. The molecule has 2 N–H and O–H groups in total. The van der Waals surface area contributed by atoms with E-state index in [1.165, 1.54) is 15.9 Å². The topological polar surface area (TPSA) is 161 Å². The average Bonchev–Trinajstić information content (AvgIpc) is 4.14. The second kappa shape index (κ2) is 18.0. The van der Waals surface area contributed by atoms with Gasteiger partial charge in [0.05, 0.1) is 18.2 Å². The SMILES string of the molecule is CN(C)C(=O)C=Cc1ccc(C(=O)OC2CC(C(=O)N(C)C(Cc3ccccc3)C(=O)NC(CO)CCC(=O)OC(C)(C)C)=CC3OC(C4CC4)(C4CC4)OC32)cc1. The van der Waals surface area contributed by atoms with Gasteiger partial charge in [-0.05, 0) is 88.3 Å². The number of nitrogens with zero attached hydrogens (tertiary/aromatic N) is 2. The van der Waals surface area contributed by atoms with E-state index in [9.17, 15) is 29.1 Å². The van der Waals surface area contributed by atoms with Crippen LogP contribution in [0, 0.1) is 11.8 Å². The number of nitrogens with one attached hydrogen (secondary N) is 1. The summed E-state index contributed by atoms with van der Waals surface area (Å²) in [6, 6.07) is 14.3. The lowest BCUT2D eigenvalue weighted by molar-refractivity contribution is -0.209. The van der Waals surface area contributed by atoms with E-state index in [4.69, 9.17) is 18.9 Å². The van der Waals surface area contributed by atoms with Crippen molar-refractivity contribution in [3.8, 4) is 0 Å². The van der Waals surface area contributed by atoms with Crippen LogP contribution in [0.4, 0.5) is 0 Å². The standard InChI is InChI=1S/C45H57N3O10/c1-44(2,3)57-39(51)23-21-34(27-49)46-41(52)35(24-29-10-8-7-9-11-29)48(6)42(53)31-25-36(40-37(26-31)56-45(58-40,32-17-18-32)33-19-20-33)55-43(54)30-15-12-28(13-16-30)14-22-38(50)47(4)5/h7-16,22,26,32-37,40,49H,17-21,23-25,27H2,1-6H3,(H,46,52). The minimum atomic E-state index is -0.997. The van der Waals surface area contributed by atoms with E-state index in [0.29, 0.717) is 11.1 Å². The van der Waals surface area contributed by atoms with Gasteiger partial charge in [0, 0.05) is 63.9 Å². The molecule has 0 radical (unpaired) electrons. The second-order valence-electron chi connectivity index (χ2n) is 17.1. The predicted octanol–water partition coefficient (Wildman–Crippen LogP) is 4.61. The Hall–Kier alpha value is -4.85. The minimum absolute atomic E-state index is 0.0132. The molecule has 0 spiro atoms. The van der Waals surface area contributed by atoms with Crippen LogP contribution in [0.15, 0.2) is 72.3 Å². The molecule has 2 aromatic rings. The predicted molar refractivity (Wildman–Crippen MR) is 215 cm³/mol. The summed E-state index contributed by atoms with van der Waals surface area (Å²) >= 11 is 0. The molecule has 1 heterocycles. The van der Waals surface area contributed by atoms with Crippen LogP contribution in [0.3, 0.4) is 0 Å². The van der Waals surface area contributed by atoms with Gasteiger partial charge in [0.1, 0.15) is 30.0 Å². The number of carbonyl (C=O) groups is 5. The molecule has 2 saturated carbocycles. The lowest BCUT2D eigenvalue weighted by atomic mass is 9.90. The van der Waals surface area contributed by atoms with Crippen molar-refractivity contribution in [2.45, 2.75) is 114 Å². The first-order valence-electron chi connectivity index (χ1n) is 20.3. The van der Waals surface area contributed by atoms with Crippen molar-refractivity contribution in [3.05, 3.63) is 89.0 Å². The molecule has 3 fully saturated rings. The highest BCUT2D eigenvalue weighted by atomic mass is 16.8. The number of aliphatic hydroxyl groups is 1. The Morgan fingerprint density at radius 1 is 0.948 bits per heavy atom. The Balaban J connectivity index is 1.22. The lowest BCUT2D eigenvalue weighted by Gasteiger charge is -2.34. The molecule has 1 saturated heterocycles. The van der Waals surface area contributed by atoms with Crippen molar-refractivity contribution in [3.63, 3.8) is 0 Å². The van der Waals surface area contributed by atoms with E-state index in [1.807, 2.05) is 30.3 Å². The van der Waals surface area contributed by atoms with E-state index < -0.39 is 72.1 Å². The summed E-state index contributed by atoms with van der Waals surface area (Å²) in [4.78, 5) is 69.6. The summed E-state index contributed by atoms with van der Waals surface area (Å²) in [5.41, 5.74) is 1.50. The molecule has 3 aliphatic carbocycles. The molecule has 4 aliphatic rings. The Labute approximate surface area is 340 Å². The number of carbonyl (C=O) groups excluding carboxylic acids is 5. The fraction of sp³-hybridized carbons (Fsp3) is 0.533. The lowest BCUT2D eigenvalue weighted by Crippen LogP contribution is -2.53. The van der Waals surface area contributed by atoms with Gasteiger partial charge in [-0.3, -0.25) is 19.2 Å². The van der Waals surface area contributed by atoms with E-state index in [1.54, 1.807) is 78.3 Å². The Bertz CT molecular complexity index is 1870. The molecule has 58 heavy (non-hydrogen) atoms. The molecule has 13 heteroatoms. The van der Waals surface area contributed by atoms with Crippen LogP contribution in [0.2, 0.25) is 0 Å². The van der Waals surface area contributed by atoms with Crippen LogP contribution in [0.5, 0.6) is 0 Å². The molecule has 5 atom stereocenters. The van der Waals surface area contributed by atoms with E-state index in [2.05, 4.69) is 5.32 Å². The number of hydrogen-bond acceptors (Lipinski definition) is 10. The summed E-state index contributed by atoms with van der Waals surface area (Å²) < 4.78 is 25.1. The van der Waals surface area contributed by atoms with Crippen molar-refractivity contribution in [1.29, 1.82) is 0 Å². The number of fused-ring (bicyclic) bond motifs is 1. The molecular formula is C45H57N3O10. The minimum Gasteiger partial charge on any atom is -0.460 e. The van der Waals surface area contributed by atoms with Crippen molar-refractivity contribution in [2.75, 3.05) is 27.7 Å². The Kier molecular flexibility index (Phi) is 13.2. The van der Waals surface area contributed by atoms with Gasteiger partial charge in [0.25, 0.3) is 0 Å². The zero-order valence-corrected chi connectivity index (χ0v) is 34.3. The fourth-order valence-electron chi connectivity index (χ4n) is 7.61. The first-order chi connectivity index (χ1) is 27.6. The van der Waals surface area contributed by atoms with Crippen LogP contribution in [-0.2, 0) is 44.5 Å². The van der Waals surface area contributed by atoms with Gasteiger partial charge in [-0.1, -0.05) is 42.5 Å². The Morgan fingerprint density at radius 3 is 2.19 bits per heavy atom. The molecule has 5 unspecified atom stereocenters. The van der Waals surface area contributed by atoms with Crippen LogP contribution >= 0.6 is 0 Å². The monoisotopic (exact) mass is 799 g/mol. The summed E-state index contributed by atoms with van der Waals surface area (Å²) in [5, 5.41) is 13.0. The van der Waals surface area contributed by atoms with Crippen LogP contribution in [0.25, 0.3) is 6.08 Å². The number of aliphatic hydroxyl groups excluding tert-OH is 1. The quantitative estimate of drug-likeness (QED) is 0.181. The van der Waals surface area contributed by atoms with Crippen molar-refractivity contribution in [1.82, 2.24) is 15.1 Å². The molecule has 6 rings (SSSR count). The highest BCUT2D eigenvalue weighted by molar-refractivity contribution is 5.97. The largest absolute Gasteiger partial charge is 0.460 e. The van der Waals surface area contributed by atoms with Crippen molar-refractivity contribution in [2.24, 2.45) is 11.8 Å². The van der Waals surface area contributed by atoms with E-state index in [-0.39, 0.29) is 43.4 Å². The smallest absolute Gasteiger partial charge is 0.338 e. The molecular weight excluding hydrogens is 743 g/mol. The molecule has 1 aliphatic heterocycles. The van der Waals surface area contributed by atoms with Gasteiger partial charge < -0.3 is 39.2 Å². The number of amides is 3. The number of hydrogen-bond donors (Lipinski definition) is 2. The highest BCUT2D eigenvalue weighted by Gasteiger charge is 2.64. The summed E-state index contributed by atoms with van der Waals surface area (Å²) in [7, 11) is 4.89. The first-order valence-corrected chi connectivity index (χ1v) is 20.3. The molecule has 2 aromatic carbocycles. The van der Waals surface area contributed by atoms with Crippen molar-refractivity contribution >= 4 is 35.7 Å². The fourth-order valence-corrected chi connectivity index (χ4v) is 7.61. The molecule has 3 amide bonds. The number of ether oxygens (including phenoxy) is 4. The van der Waals surface area contributed by atoms with Gasteiger partial charge >= 0.3 is 11.9 Å². The van der Waals surface area contributed by atoms with Gasteiger partial charge in [-0.25, -0.2) is 4.79 Å². The normalized spacial score (nSPS) is 22.3. The number of esters is 2. The third-order valence-electron chi connectivity index (χ3n) is 11.0. The Morgan fingerprint density at radius 2 is 1.60 bits per heavy atom. The summed E-state index contributed by atoms with van der Waals surface area (Å²) in [6.45, 7) is 4.89. The van der Waals surface area contributed by atoms with Gasteiger partial charge in [0.2, 0.25) is 17.7 Å². The van der Waals surface area contributed by atoms with Crippen LogP contribution in [0.1, 0.15) is 87.2 Å². The van der Waals surface area contributed by atoms with Crippen LogP contribution in [-0.4, -0.2) is 114 Å². The van der Waals surface area contributed by atoms with Crippen LogP contribution < -0.4 is 5.32 Å². The third kappa shape index (κ3) is 10.6. The van der Waals surface area contributed by atoms with Gasteiger partial charge in [-0.2, -0.15) is 0 Å². The number of likely N-dealkylation sites (N-methyl/N-ethyl adjacent to an activating group) is 2. The summed E-state index contributed by atoms with van der Waals surface area (Å²) in [6.07, 6.45) is 6.98. The maximum absolute atomic E-state index is 14.6. The maximum atomic E-state index is 14.6. The maximum Gasteiger partial charge on any atom is 0.338 e. The highest BCUT2D eigenvalue weighted by Crippen LogP contribution is 2.59. The zero-order valence-electron chi connectivity index (χ0n) is 34.3. The summed E-state index contributed by atoms with van der Waals surface area (Å²) in [5.74, 6) is -2.47.